The van der Waals surface area contributed by atoms with Crippen molar-refractivity contribution in [1.29, 1.82) is 0 Å². The number of hydrogen-bond acceptors (Lipinski definition) is 7. The van der Waals surface area contributed by atoms with Gasteiger partial charge in [-0.05, 0) is 43.1 Å². The standard InChI is InChI=1S/C29H44N2O5/c1-19-13-27-26(8-7-21(3)29(27,33)17-28(19)36-22(4)32)20(2)18-30-9-11-31(12-10-30)23-14-24(34-5)16-25(15-23)35-6/h13-16,20-21,26-28,33H,7-12,17-18H2,1-6H3/t20-,21-,26+,27-,28-,29-/m1/s1. The van der Waals surface area contributed by atoms with E-state index >= 15 is 0 Å². The molecular formula is C29H44N2O5. The zero-order chi connectivity index (χ0) is 26.0. The lowest BCUT2D eigenvalue weighted by Crippen LogP contribution is -2.56. The smallest absolute Gasteiger partial charge is 0.303 e. The Morgan fingerprint density at radius 2 is 1.75 bits per heavy atom. The van der Waals surface area contributed by atoms with Gasteiger partial charge in [0.2, 0.25) is 0 Å². The number of fused-ring (bicyclic) bond motifs is 1. The first-order chi connectivity index (χ1) is 17.1. The highest BCUT2D eigenvalue weighted by atomic mass is 16.5. The molecule has 0 aromatic heterocycles. The minimum atomic E-state index is -0.819. The number of hydrogen-bond donors (Lipinski definition) is 1. The van der Waals surface area contributed by atoms with Crippen LogP contribution >= 0.6 is 0 Å². The summed E-state index contributed by atoms with van der Waals surface area (Å²) in [6, 6.07) is 6.06. The number of ether oxygens (including phenoxy) is 3. The van der Waals surface area contributed by atoms with E-state index in [0.29, 0.717) is 18.3 Å². The summed E-state index contributed by atoms with van der Waals surface area (Å²) in [6.45, 7) is 13.0. The van der Waals surface area contributed by atoms with Gasteiger partial charge >= 0.3 is 5.97 Å². The predicted molar refractivity (Wildman–Crippen MR) is 142 cm³/mol. The second-order valence-electron chi connectivity index (χ2n) is 11.2. The van der Waals surface area contributed by atoms with Gasteiger partial charge in [-0.15, -0.1) is 0 Å². The van der Waals surface area contributed by atoms with Gasteiger partial charge < -0.3 is 24.2 Å². The fourth-order valence-electron chi connectivity index (χ4n) is 6.70. The van der Waals surface area contributed by atoms with E-state index < -0.39 is 5.60 Å². The van der Waals surface area contributed by atoms with Crippen LogP contribution in [0.4, 0.5) is 5.69 Å². The highest BCUT2D eigenvalue weighted by molar-refractivity contribution is 5.66. The van der Waals surface area contributed by atoms with Gasteiger partial charge in [0.1, 0.15) is 17.6 Å². The van der Waals surface area contributed by atoms with E-state index in [4.69, 9.17) is 14.2 Å². The maximum Gasteiger partial charge on any atom is 0.303 e. The van der Waals surface area contributed by atoms with Crippen molar-refractivity contribution in [3.05, 3.63) is 29.8 Å². The van der Waals surface area contributed by atoms with Crippen LogP contribution in [0.2, 0.25) is 0 Å². The second-order valence-corrected chi connectivity index (χ2v) is 11.2. The van der Waals surface area contributed by atoms with Crippen LogP contribution in [0, 0.1) is 23.7 Å². The Labute approximate surface area is 216 Å². The van der Waals surface area contributed by atoms with Gasteiger partial charge in [0.15, 0.2) is 0 Å². The Balaban J connectivity index is 1.40. The summed E-state index contributed by atoms with van der Waals surface area (Å²) in [5.74, 6) is 2.52. The Kier molecular flexibility index (Phi) is 8.20. The molecule has 7 heteroatoms. The number of methoxy groups -OCH3 is 2. The summed E-state index contributed by atoms with van der Waals surface area (Å²) in [6.07, 6.45) is 4.55. The molecule has 1 saturated carbocycles. The Morgan fingerprint density at radius 1 is 1.11 bits per heavy atom. The third-order valence-electron chi connectivity index (χ3n) is 8.95. The highest BCUT2D eigenvalue weighted by Gasteiger charge is 2.52. The van der Waals surface area contributed by atoms with Gasteiger partial charge in [-0.1, -0.05) is 19.9 Å². The lowest BCUT2D eigenvalue weighted by molar-refractivity contribution is -0.159. The van der Waals surface area contributed by atoms with E-state index in [1.54, 1.807) is 14.2 Å². The monoisotopic (exact) mass is 500 g/mol. The molecule has 0 spiro atoms. The maximum atomic E-state index is 11.9. The number of aliphatic hydroxyl groups is 1. The van der Waals surface area contributed by atoms with Gasteiger partial charge in [0.05, 0.1) is 19.8 Å². The summed E-state index contributed by atoms with van der Waals surface area (Å²) < 4.78 is 16.5. The molecule has 1 aliphatic heterocycles. The number of piperazine rings is 1. The van der Waals surface area contributed by atoms with E-state index in [-0.39, 0.29) is 23.9 Å². The Hall–Kier alpha value is -2.25. The summed E-state index contributed by atoms with van der Waals surface area (Å²) in [5, 5.41) is 11.9. The minimum Gasteiger partial charge on any atom is -0.497 e. The molecule has 1 aromatic carbocycles. The normalized spacial score (nSPS) is 31.8. The molecule has 0 unspecified atom stereocenters. The lowest BCUT2D eigenvalue weighted by atomic mass is 9.57. The van der Waals surface area contributed by atoms with Crippen LogP contribution in [0.1, 0.15) is 47.0 Å². The van der Waals surface area contributed by atoms with E-state index in [1.165, 1.54) is 6.92 Å². The van der Waals surface area contributed by atoms with Crippen LogP contribution in [0.3, 0.4) is 0 Å². The third-order valence-corrected chi connectivity index (χ3v) is 8.95. The van der Waals surface area contributed by atoms with Gasteiger partial charge in [0, 0.05) is 75.9 Å². The number of anilines is 1. The molecule has 4 rings (SSSR count). The van der Waals surface area contributed by atoms with Crippen LogP contribution in [0.15, 0.2) is 29.8 Å². The largest absolute Gasteiger partial charge is 0.497 e. The van der Waals surface area contributed by atoms with Crippen molar-refractivity contribution < 1.29 is 24.1 Å². The first-order valence-electron chi connectivity index (χ1n) is 13.4. The fraction of sp³-hybridized carbons (Fsp3) is 0.690. The van der Waals surface area contributed by atoms with Crippen molar-refractivity contribution in [2.24, 2.45) is 23.7 Å². The Morgan fingerprint density at radius 3 is 2.33 bits per heavy atom. The minimum absolute atomic E-state index is 0.105. The fourth-order valence-corrected chi connectivity index (χ4v) is 6.70. The molecule has 6 atom stereocenters. The first kappa shape index (κ1) is 26.8. The zero-order valence-corrected chi connectivity index (χ0v) is 22.8. The number of esters is 1. The van der Waals surface area contributed by atoms with Crippen LogP contribution in [0.25, 0.3) is 0 Å². The number of carbonyl (C=O) groups is 1. The lowest BCUT2D eigenvalue weighted by Gasteiger charge is -2.53. The molecule has 200 valence electrons. The van der Waals surface area contributed by atoms with Crippen LogP contribution in [-0.2, 0) is 9.53 Å². The first-order valence-corrected chi connectivity index (χ1v) is 13.4. The van der Waals surface area contributed by atoms with Crippen molar-refractivity contribution in [3.8, 4) is 11.5 Å². The van der Waals surface area contributed by atoms with Crippen molar-refractivity contribution in [1.82, 2.24) is 4.90 Å². The Bertz CT molecular complexity index is 935. The summed E-state index contributed by atoms with van der Waals surface area (Å²) in [5.41, 5.74) is 1.39. The molecule has 2 aliphatic carbocycles. The van der Waals surface area contributed by atoms with Gasteiger partial charge in [-0.25, -0.2) is 0 Å². The van der Waals surface area contributed by atoms with E-state index in [9.17, 15) is 9.90 Å². The number of rotatable bonds is 7. The zero-order valence-electron chi connectivity index (χ0n) is 22.8. The summed E-state index contributed by atoms with van der Waals surface area (Å²) >= 11 is 0. The molecule has 0 radical (unpaired) electrons. The van der Waals surface area contributed by atoms with Crippen LogP contribution in [0.5, 0.6) is 11.5 Å². The summed E-state index contributed by atoms with van der Waals surface area (Å²) in [7, 11) is 3.37. The van der Waals surface area contributed by atoms with E-state index in [0.717, 1.165) is 68.3 Å². The third kappa shape index (κ3) is 5.52. The van der Waals surface area contributed by atoms with Crippen molar-refractivity contribution in [3.63, 3.8) is 0 Å². The molecule has 1 N–H and O–H groups in total. The quantitative estimate of drug-likeness (QED) is 0.446. The molecular weight excluding hydrogens is 456 g/mol. The SMILES string of the molecule is COc1cc(OC)cc(N2CCN(C[C@@H](C)[C@@H]3CC[C@@H](C)[C@]4(O)C[C@@H](OC(C)=O)C(C)=C[C@H]34)CC2)c1. The molecule has 3 aliphatic rings. The van der Waals surface area contributed by atoms with Gasteiger partial charge in [0.25, 0.3) is 0 Å². The average Bonchev–Trinajstić information content (AvgIpc) is 2.85. The average molecular weight is 501 g/mol. The number of nitrogens with zero attached hydrogens (tertiary/aromatic N) is 2. The molecule has 1 saturated heterocycles. The second kappa shape index (κ2) is 11.0. The van der Waals surface area contributed by atoms with E-state index in [2.05, 4.69) is 41.9 Å². The van der Waals surface area contributed by atoms with E-state index in [1.807, 2.05) is 13.0 Å². The topological polar surface area (TPSA) is 71.5 Å². The highest BCUT2D eigenvalue weighted by Crippen LogP contribution is 2.51. The van der Waals surface area contributed by atoms with Gasteiger partial charge in [-0.3, -0.25) is 9.69 Å². The summed E-state index contributed by atoms with van der Waals surface area (Å²) in [4.78, 5) is 16.6. The van der Waals surface area contributed by atoms with Crippen LogP contribution < -0.4 is 14.4 Å². The van der Waals surface area contributed by atoms with Crippen molar-refractivity contribution >= 4 is 11.7 Å². The molecule has 7 nitrogen and oxygen atoms in total. The molecule has 0 amide bonds. The molecule has 1 heterocycles. The molecule has 1 aromatic rings. The van der Waals surface area contributed by atoms with Gasteiger partial charge in [-0.2, -0.15) is 0 Å². The van der Waals surface area contributed by atoms with Crippen LogP contribution in [-0.4, -0.2) is 74.6 Å². The molecule has 36 heavy (non-hydrogen) atoms. The molecule has 0 bridgehead atoms. The maximum absolute atomic E-state index is 11.9. The molecule has 2 fully saturated rings. The number of carbonyl (C=O) groups excluding carboxylic acids is 1. The van der Waals surface area contributed by atoms with Crippen molar-refractivity contribution in [2.45, 2.75) is 58.7 Å². The van der Waals surface area contributed by atoms with Crippen molar-refractivity contribution in [2.75, 3.05) is 51.8 Å². The predicted octanol–water partition coefficient (Wildman–Crippen LogP) is 4.14. The number of benzene rings is 1.